The largest absolute Gasteiger partial charge is 0.507 e. The monoisotopic (exact) mass is 491 g/mol. The van der Waals surface area contributed by atoms with Crippen LogP contribution in [0.15, 0.2) is 66.8 Å². The Morgan fingerprint density at radius 1 is 1.03 bits per heavy atom. The molecule has 2 heterocycles. The minimum Gasteiger partial charge on any atom is -0.507 e. The topological polar surface area (TPSA) is 103 Å². The van der Waals surface area contributed by atoms with E-state index in [1.807, 2.05) is 17.7 Å². The standard InChI is InChI=1S/C27H29N3O6/c1-4-36-19-8-6-18(7-9-19)25(31)23-24(21-16-20(34-2)10-11-22(21)35-3)30(27(33)26(23)32)14-5-13-29-15-12-28-17-29/h6-12,15-17,24,31H,4-5,13-14H2,1-3H3/b25-23-. The molecule has 2 aromatic carbocycles. The first-order valence-corrected chi connectivity index (χ1v) is 11.7. The zero-order chi connectivity index (χ0) is 25.7. The molecule has 1 aromatic heterocycles. The van der Waals surface area contributed by atoms with E-state index >= 15 is 0 Å². The zero-order valence-corrected chi connectivity index (χ0v) is 20.5. The molecule has 1 amide bonds. The normalized spacial score (nSPS) is 16.9. The fourth-order valence-electron chi connectivity index (χ4n) is 4.36. The molecule has 3 aromatic rings. The minimum absolute atomic E-state index is 0.00153. The number of nitrogens with zero attached hydrogens (tertiary/aromatic N) is 3. The molecule has 1 saturated heterocycles. The molecule has 1 aliphatic heterocycles. The zero-order valence-electron chi connectivity index (χ0n) is 20.5. The highest BCUT2D eigenvalue weighted by molar-refractivity contribution is 6.46. The fourth-order valence-corrected chi connectivity index (χ4v) is 4.36. The van der Waals surface area contributed by atoms with Gasteiger partial charge in [0.05, 0.1) is 38.8 Å². The van der Waals surface area contributed by atoms with Crippen molar-refractivity contribution in [2.45, 2.75) is 25.9 Å². The number of ketones is 1. The number of hydrogen-bond donors (Lipinski definition) is 1. The summed E-state index contributed by atoms with van der Waals surface area (Å²) in [5.74, 6) is -0.0407. The summed E-state index contributed by atoms with van der Waals surface area (Å²) in [5, 5.41) is 11.3. The van der Waals surface area contributed by atoms with Crippen LogP contribution in [0.25, 0.3) is 5.76 Å². The molecular weight excluding hydrogens is 462 g/mol. The Morgan fingerprint density at radius 2 is 1.78 bits per heavy atom. The van der Waals surface area contributed by atoms with E-state index in [-0.39, 0.29) is 17.9 Å². The molecule has 1 atom stereocenters. The predicted octanol–water partition coefficient (Wildman–Crippen LogP) is 3.81. The molecule has 1 unspecified atom stereocenters. The third-order valence-electron chi connectivity index (χ3n) is 6.08. The molecule has 188 valence electrons. The van der Waals surface area contributed by atoms with Gasteiger partial charge in [-0.1, -0.05) is 0 Å². The SMILES string of the molecule is CCOc1ccc(/C(O)=C2/C(=O)C(=O)N(CCCn3ccnc3)C2c2cc(OC)ccc2OC)cc1. The molecule has 36 heavy (non-hydrogen) atoms. The molecule has 0 saturated carbocycles. The van der Waals surface area contributed by atoms with Gasteiger partial charge in [0.15, 0.2) is 0 Å². The number of benzene rings is 2. The number of methoxy groups -OCH3 is 2. The van der Waals surface area contributed by atoms with E-state index in [0.717, 1.165) is 0 Å². The molecule has 0 aliphatic carbocycles. The maximum Gasteiger partial charge on any atom is 0.295 e. The molecule has 9 nitrogen and oxygen atoms in total. The van der Waals surface area contributed by atoms with Crippen LogP contribution < -0.4 is 14.2 Å². The minimum atomic E-state index is -0.857. The summed E-state index contributed by atoms with van der Waals surface area (Å²) in [6.45, 7) is 3.28. The fraction of sp³-hybridized carbons (Fsp3) is 0.296. The van der Waals surface area contributed by atoms with Gasteiger partial charge in [0.1, 0.15) is 23.0 Å². The van der Waals surface area contributed by atoms with E-state index < -0.39 is 17.7 Å². The second-order valence-electron chi connectivity index (χ2n) is 8.21. The number of aliphatic hydroxyl groups excluding tert-OH is 1. The van der Waals surface area contributed by atoms with Crippen molar-refractivity contribution in [1.82, 2.24) is 14.5 Å². The van der Waals surface area contributed by atoms with Gasteiger partial charge < -0.3 is 28.8 Å². The molecule has 1 fully saturated rings. The highest BCUT2D eigenvalue weighted by Gasteiger charge is 2.47. The third kappa shape index (κ3) is 4.91. The maximum atomic E-state index is 13.3. The number of aliphatic hydroxyl groups is 1. The van der Waals surface area contributed by atoms with E-state index in [0.29, 0.717) is 47.9 Å². The first kappa shape index (κ1) is 24.8. The van der Waals surface area contributed by atoms with Crippen molar-refractivity contribution in [3.05, 3.63) is 77.9 Å². The maximum absolute atomic E-state index is 13.3. The molecule has 4 rings (SSSR count). The highest BCUT2D eigenvalue weighted by atomic mass is 16.5. The number of imidazole rings is 1. The summed E-state index contributed by atoms with van der Waals surface area (Å²) in [7, 11) is 3.05. The summed E-state index contributed by atoms with van der Waals surface area (Å²) in [4.78, 5) is 32.1. The number of ether oxygens (including phenoxy) is 3. The van der Waals surface area contributed by atoms with Crippen molar-refractivity contribution in [2.75, 3.05) is 27.4 Å². The highest BCUT2D eigenvalue weighted by Crippen LogP contribution is 2.44. The van der Waals surface area contributed by atoms with Crippen molar-refractivity contribution in [3.63, 3.8) is 0 Å². The summed E-state index contributed by atoms with van der Waals surface area (Å²) >= 11 is 0. The Bertz CT molecular complexity index is 1250. The van der Waals surface area contributed by atoms with Gasteiger partial charge >= 0.3 is 0 Å². The average molecular weight is 492 g/mol. The van der Waals surface area contributed by atoms with Crippen LogP contribution in [-0.4, -0.2) is 58.6 Å². The number of carbonyl (C=O) groups excluding carboxylic acids is 2. The lowest BCUT2D eigenvalue weighted by atomic mass is 9.94. The average Bonchev–Trinajstić information content (AvgIpc) is 3.51. The number of rotatable bonds is 10. The second kappa shape index (κ2) is 11.0. The first-order valence-electron chi connectivity index (χ1n) is 11.7. The van der Waals surface area contributed by atoms with Crippen LogP contribution in [0.1, 0.15) is 30.5 Å². The Balaban J connectivity index is 1.79. The summed E-state index contributed by atoms with van der Waals surface area (Å²) in [6, 6.07) is 11.1. The Hall–Kier alpha value is -4.27. The van der Waals surface area contributed by atoms with Gasteiger partial charge in [-0.3, -0.25) is 9.59 Å². The van der Waals surface area contributed by atoms with Crippen LogP contribution in [0, 0.1) is 0 Å². The number of carbonyl (C=O) groups is 2. The van der Waals surface area contributed by atoms with Gasteiger partial charge in [-0.05, 0) is 55.8 Å². The Morgan fingerprint density at radius 3 is 2.42 bits per heavy atom. The van der Waals surface area contributed by atoms with Crippen LogP contribution in [0.4, 0.5) is 0 Å². The third-order valence-corrected chi connectivity index (χ3v) is 6.08. The number of likely N-dealkylation sites (tertiary alicyclic amines) is 1. The lowest BCUT2D eigenvalue weighted by molar-refractivity contribution is -0.140. The van der Waals surface area contributed by atoms with Crippen LogP contribution in [0.3, 0.4) is 0 Å². The van der Waals surface area contributed by atoms with E-state index in [1.54, 1.807) is 55.0 Å². The smallest absolute Gasteiger partial charge is 0.295 e. The van der Waals surface area contributed by atoms with Crippen molar-refractivity contribution in [3.8, 4) is 17.2 Å². The molecule has 1 aliphatic rings. The molecule has 0 spiro atoms. The van der Waals surface area contributed by atoms with Gasteiger partial charge in [-0.15, -0.1) is 0 Å². The Kier molecular flexibility index (Phi) is 7.58. The number of aromatic nitrogens is 2. The van der Waals surface area contributed by atoms with Crippen molar-refractivity contribution in [2.24, 2.45) is 0 Å². The number of aryl methyl sites for hydroxylation is 1. The molecular formula is C27H29N3O6. The first-order chi connectivity index (χ1) is 17.5. The summed E-state index contributed by atoms with van der Waals surface area (Å²) < 4.78 is 18.4. The van der Waals surface area contributed by atoms with Crippen LogP contribution in [-0.2, 0) is 16.1 Å². The van der Waals surface area contributed by atoms with Gasteiger partial charge in [0, 0.05) is 36.6 Å². The number of amides is 1. The Labute approximate surface area is 209 Å². The van der Waals surface area contributed by atoms with Crippen LogP contribution >= 0.6 is 0 Å². The van der Waals surface area contributed by atoms with Gasteiger partial charge in [-0.25, -0.2) is 4.98 Å². The van der Waals surface area contributed by atoms with Gasteiger partial charge in [0.2, 0.25) is 0 Å². The quantitative estimate of drug-likeness (QED) is 0.261. The van der Waals surface area contributed by atoms with Crippen molar-refractivity contribution < 1.29 is 28.9 Å². The van der Waals surface area contributed by atoms with Crippen molar-refractivity contribution >= 4 is 17.4 Å². The lowest BCUT2D eigenvalue weighted by Crippen LogP contribution is -2.31. The van der Waals surface area contributed by atoms with Gasteiger partial charge in [0.25, 0.3) is 11.7 Å². The lowest BCUT2D eigenvalue weighted by Gasteiger charge is -2.27. The van der Waals surface area contributed by atoms with Crippen LogP contribution in [0.2, 0.25) is 0 Å². The van der Waals surface area contributed by atoms with E-state index in [1.165, 1.54) is 19.1 Å². The van der Waals surface area contributed by atoms with Crippen molar-refractivity contribution in [1.29, 1.82) is 0 Å². The summed E-state index contributed by atoms with van der Waals surface area (Å²) in [5.41, 5.74) is 0.950. The number of Topliss-reactive ketones (excluding diaryl/α,β-unsaturated/α-hetero) is 1. The van der Waals surface area contributed by atoms with E-state index in [4.69, 9.17) is 14.2 Å². The molecule has 1 N–H and O–H groups in total. The molecule has 0 radical (unpaired) electrons. The molecule has 9 heteroatoms. The predicted molar refractivity (Wildman–Crippen MR) is 133 cm³/mol. The number of hydrogen-bond acceptors (Lipinski definition) is 7. The van der Waals surface area contributed by atoms with E-state index in [9.17, 15) is 14.7 Å². The second-order valence-corrected chi connectivity index (χ2v) is 8.21. The summed E-state index contributed by atoms with van der Waals surface area (Å²) in [6.07, 6.45) is 5.80. The van der Waals surface area contributed by atoms with E-state index in [2.05, 4.69) is 4.98 Å². The molecule has 0 bridgehead atoms. The van der Waals surface area contributed by atoms with Crippen LogP contribution in [0.5, 0.6) is 17.2 Å². The van der Waals surface area contributed by atoms with Gasteiger partial charge in [-0.2, -0.15) is 0 Å².